The standard InChI is InChI=1S/C21H24Cl2N2O3/c1-3-19(21(27)24-4-2)25(13-16-17(22)11-8-12-18(16)23)20(26)14-28-15-9-6-5-7-10-15/h5-12,19H,3-4,13-14H2,1-2H3,(H,24,27)/t19-/m1/s1. The fraction of sp³-hybridized carbons (Fsp3) is 0.333. The van der Waals surface area contributed by atoms with Crippen LogP contribution in [0.5, 0.6) is 5.75 Å². The van der Waals surface area contributed by atoms with Crippen LogP contribution in [0.4, 0.5) is 0 Å². The number of benzene rings is 2. The predicted molar refractivity (Wildman–Crippen MR) is 112 cm³/mol. The number of amides is 2. The summed E-state index contributed by atoms with van der Waals surface area (Å²) in [5, 5.41) is 3.67. The smallest absolute Gasteiger partial charge is 0.261 e. The highest BCUT2D eigenvalue weighted by molar-refractivity contribution is 6.36. The normalized spacial score (nSPS) is 11.6. The average Bonchev–Trinajstić information content (AvgIpc) is 2.69. The molecule has 2 aromatic carbocycles. The zero-order valence-corrected chi connectivity index (χ0v) is 17.5. The van der Waals surface area contributed by atoms with E-state index in [2.05, 4.69) is 5.32 Å². The molecule has 0 bridgehead atoms. The SMILES string of the molecule is CCNC(=O)[C@@H](CC)N(Cc1c(Cl)cccc1Cl)C(=O)COc1ccccc1. The molecule has 0 aliphatic carbocycles. The summed E-state index contributed by atoms with van der Waals surface area (Å²) in [5.74, 6) is 0.0387. The molecule has 0 aromatic heterocycles. The summed E-state index contributed by atoms with van der Waals surface area (Å²) < 4.78 is 5.59. The maximum atomic E-state index is 13.0. The molecule has 2 rings (SSSR count). The molecule has 0 fully saturated rings. The summed E-state index contributed by atoms with van der Waals surface area (Å²) in [6, 6.07) is 13.5. The van der Waals surface area contributed by atoms with Crippen molar-refractivity contribution in [2.45, 2.75) is 32.9 Å². The lowest BCUT2D eigenvalue weighted by atomic mass is 10.1. The number of hydrogen-bond donors (Lipinski definition) is 1. The van der Waals surface area contributed by atoms with Crippen molar-refractivity contribution in [2.75, 3.05) is 13.2 Å². The number of rotatable bonds is 9. The zero-order chi connectivity index (χ0) is 20.5. The predicted octanol–water partition coefficient (Wildman–Crippen LogP) is 4.32. The van der Waals surface area contributed by atoms with Crippen molar-refractivity contribution in [3.05, 3.63) is 64.1 Å². The molecule has 2 amide bonds. The highest BCUT2D eigenvalue weighted by atomic mass is 35.5. The maximum absolute atomic E-state index is 13.0. The fourth-order valence-corrected chi connectivity index (χ4v) is 3.33. The first-order valence-electron chi connectivity index (χ1n) is 9.15. The van der Waals surface area contributed by atoms with Crippen LogP contribution in [-0.4, -0.2) is 35.9 Å². The summed E-state index contributed by atoms with van der Waals surface area (Å²) in [5.41, 5.74) is 0.599. The number of ether oxygens (including phenoxy) is 1. The van der Waals surface area contributed by atoms with Crippen molar-refractivity contribution in [1.29, 1.82) is 0 Å². The van der Waals surface area contributed by atoms with E-state index in [0.29, 0.717) is 34.3 Å². The lowest BCUT2D eigenvalue weighted by Gasteiger charge is -2.31. The fourth-order valence-electron chi connectivity index (χ4n) is 2.81. The van der Waals surface area contributed by atoms with Gasteiger partial charge < -0.3 is 15.0 Å². The van der Waals surface area contributed by atoms with Gasteiger partial charge in [0.1, 0.15) is 11.8 Å². The number of nitrogens with one attached hydrogen (secondary N) is 1. The quantitative estimate of drug-likeness (QED) is 0.654. The average molecular weight is 423 g/mol. The Balaban J connectivity index is 2.26. The van der Waals surface area contributed by atoms with Crippen LogP contribution in [0.25, 0.3) is 0 Å². The third-order valence-electron chi connectivity index (χ3n) is 4.23. The van der Waals surface area contributed by atoms with Crippen LogP contribution >= 0.6 is 23.2 Å². The first-order chi connectivity index (χ1) is 13.5. The molecule has 0 aliphatic heterocycles. The zero-order valence-electron chi connectivity index (χ0n) is 16.0. The monoisotopic (exact) mass is 422 g/mol. The minimum absolute atomic E-state index is 0.116. The number of halogens is 2. The van der Waals surface area contributed by atoms with Gasteiger partial charge in [0.15, 0.2) is 6.61 Å². The second kappa shape index (κ2) is 10.9. The van der Waals surface area contributed by atoms with Gasteiger partial charge in [0.05, 0.1) is 0 Å². The van der Waals surface area contributed by atoms with E-state index in [1.165, 1.54) is 4.90 Å². The topological polar surface area (TPSA) is 58.6 Å². The first-order valence-corrected chi connectivity index (χ1v) is 9.91. The summed E-state index contributed by atoms with van der Waals surface area (Å²) in [6.45, 7) is 4.09. The highest BCUT2D eigenvalue weighted by Crippen LogP contribution is 2.27. The van der Waals surface area contributed by atoms with E-state index in [1.807, 2.05) is 32.0 Å². The van der Waals surface area contributed by atoms with Gasteiger partial charge in [0.25, 0.3) is 5.91 Å². The Morgan fingerprint density at radius 3 is 2.25 bits per heavy atom. The van der Waals surface area contributed by atoms with Crippen molar-refractivity contribution in [2.24, 2.45) is 0 Å². The number of likely N-dealkylation sites (N-methyl/N-ethyl adjacent to an activating group) is 1. The molecule has 0 radical (unpaired) electrons. The molecule has 0 unspecified atom stereocenters. The van der Waals surface area contributed by atoms with E-state index >= 15 is 0 Å². The van der Waals surface area contributed by atoms with E-state index in [9.17, 15) is 9.59 Å². The van der Waals surface area contributed by atoms with Gasteiger partial charge in [0.2, 0.25) is 5.91 Å². The number of hydrogen-bond acceptors (Lipinski definition) is 3. The van der Waals surface area contributed by atoms with Crippen molar-refractivity contribution in [3.63, 3.8) is 0 Å². The van der Waals surface area contributed by atoms with Gasteiger partial charge in [-0.1, -0.05) is 54.4 Å². The van der Waals surface area contributed by atoms with Crippen LogP contribution in [0.1, 0.15) is 25.8 Å². The first kappa shape index (κ1) is 22.1. The summed E-state index contributed by atoms with van der Waals surface area (Å²) in [4.78, 5) is 27.0. The Kier molecular flexibility index (Phi) is 8.61. The van der Waals surface area contributed by atoms with Crippen LogP contribution in [0.15, 0.2) is 48.5 Å². The van der Waals surface area contributed by atoms with E-state index < -0.39 is 6.04 Å². The molecule has 1 atom stereocenters. The lowest BCUT2D eigenvalue weighted by Crippen LogP contribution is -2.50. The van der Waals surface area contributed by atoms with Gasteiger partial charge in [-0.25, -0.2) is 0 Å². The summed E-state index contributed by atoms with van der Waals surface area (Å²) in [6.07, 6.45) is 0.449. The van der Waals surface area contributed by atoms with E-state index in [1.54, 1.807) is 30.3 Å². The molecule has 0 saturated heterocycles. The Hall–Kier alpha value is -2.24. The van der Waals surface area contributed by atoms with Crippen LogP contribution in [0.3, 0.4) is 0 Å². The van der Waals surface area contributed by atoms with Gasteiger partial charge in [-0.05, 0) is 37.6 Å². The largest absolute Gasteiger partial charge is 0.484 e. The van der Waals surface area contributed by atoms with E-state index in [0.717, 1.165) is 0 Å². The minimum Gasteiger partial charge on any atom is -0.484 e. The Morgan fingerprint density at radius 2 is 1.68 bits per heavy atom. The molecule has 0 aliphatic rings. The van der Waals surface area contributed by atoms with Gasteiger partial charge in [-0.3, -0.25) is 9.59 Å². The Bertz CT molecular complexity index is 779. The third-order valence-corrected chi connectivity index (χ3v) is 4.94. The molecule has 7 heteroatoms. The van der Waals surface area contributed by atoms with Crippen LogP contribution in [0, 0.1) is 0 Å². The Labute approximate surface area is 175 Å². The molecule has 5 nitrogen and oxygen atoms in total. The molecular formula is C21H24Cl2N2O3. The molecule has 0 heterocycles. The van der Waals surface area contributed by atoms with Gasteiger partial charge in [-0.2, -0.15) is 0 Å². The minimum atomic E-state index is -0.654. The second-order valence-electron chi connectivity index (χ2n) is 6.14. The molecular weight excluding hydrogens is 399 g/mol. The lowest BCUT2D eigenvalue weighted by molar-refractivity contribution is -0.142. The van der Waals surface area contributed by atoms with Gasteiger partial charge in [-0.15, -0.1) is 0 Å². The van der Waals surface area contributed by atoms with E-state index in [-0.39, 0.29) is 25.0 Å². The molecule has 2 aromatic rings. The second-order valence-corrected chi connectivity index (χ2v) is 6.96. The molecule has 1 N–H and O–H groups in total. The molecule has 0 saturated carbocycles. The van der Waals surface area contributed by atoms with Crippen molar-refractivity contribution >= 4 is 35.0 Å². The van der Waals surface area contributed by atoms with Crippen LogP contribution in [-0.2, 0) is 16.1 Å². The highest BCUT2D eigenvalue weighted by Gasteiger charge is 2.29. The van der Waals surface area contributed by atoms with Crippen LogP contribution < -0.4 is 10.1 Å². The Morgan fingerprint density at radius 1 is 1.04 bits per heavy atom. The summed E-state index contributed by atoms with van der Waals surface area (Å²) in [7, 11) is 0. The maximum Gasteiger partial charge on any atom is 0.261 e. The van der Waals surface area contributed by atoms with Gasteiger partial charge >= 0.3 is 0 Å². The summed E-state index contributed by atoms with van der Waals surface area (Å²) >= 11 is 12.6. The number of carbonyl (C=O) groups is 2. The molecule has 150 valence electrons. The van der Waals surface area contributed by atoms with E-state index in [4.69, 9.17) is 27.9 Å². The number of carbonyl (C=O) groups excluding carboxylic acids is 2. The number of para-hydroxylation sites is 1. The molecule has 28 heavy (non-hydrogen) atoms. The number of nitrogens with zero attached hydrogens (tertiary/aromatic N) is 1. The van der Waals surface area contributed by atoms with Crippen molar-refractivity contribution in [3.8, 4) is 5.75 Å². The third kappa shape index (κ3) is 5.88. The van der Waals surface area contributed by atoms with Crippen molar-refractivity contribution < 1.29 is 14.3 Å². The van der Waals surface area contributed by atoms with Gasteiger partial charge in [0, 0.05) is 28.7 Å². The van der Waals surface area contributed by atoms with Crippen LogP contribution in [0.2, 0.25) is 10.0 Å². The molecule has 0 spiro atoms. The van der Waals surface area contributed by atoms with Crippen molar-refractivity contribution in [1.82, 2.24) is 10.2 Å².